The molecule has 1 radical (unpaired) electrons. The molecule has 1 aromatic rings. The highest BCUT2D eigenvalue weighted by Crippen LogP contribution is 2.40. The Labute approximate surface area is 69.2 Å². The molecule has 1 aliphatic carbocycles. The molecule has 0 saturated heterocycles. The summed E-state index contributed by atoms with van der Waals surface area (Å²) in [6.07, 6.45) is 0.769. The van der Waals surface area contributed by atoms with E-state index in [1.807, 2.05) is 0 Å². The van der Waals surface area contributed by atoms with E-state index in [9.17, 15) is 8.78 Å². The first kappa shape index (κ1) is 7.68. The molecule has 1 N–H and O–H groups in total. The van der Waals surface area contributed by atoms with Gasteiger partial charge in [0.15, 0.2) is 11.6 Å². The third-order valence-electron chi connectivity index (χ3n) is 2.16. The van der Waals surface area contributed by atoms with Crippen LogP contribution in [0, 0.1) is 11.6 Å². The summed E-state index contributed by atoms with van der Waals surface area (Å²) in [6.45, 7) is 0. The third-order valence-corrected chi connectivity index (χ3v) is 2.16. The normalized spacial score (nSPS) is 27.2. The average Bonchev–Trinajstić information content (AvgIpc) is 2.73. The summed E-state index contributed by atoms with van der Waals surface area (Å²) in [5.41, 5.74) is 8.04. The van der Waals surface area contributed by atoms with Crippen molar-refractivity contribution in [2.24, 2.45) is 0 Å². The highest BCUT2D eigenvalue weighted by atomic mass is 19.2. The van der Waals surface area contributed by atoms with Gasteiger partial charge in [-0.3, -0.25) is 5.73 Å². The molecule has 3 heteroatoms. The summed E-state index contributed by atoms with van der Waals surface area (Å²) in [5.74, 6) is -1.51. The zero-order chi connectivity index (χ0) is 8.72. The minimum absolute atomic E-state index is 0.116. The molecule has 0 spiro atoms. The van der Waals surface area contributed by atoms with Crippen LogP contribution in [0.2, 0.25) is 0 Å². The van der Waals surface area contributed by atoms with Crippen molar-refractivity contribution in [3.8, 4) is 0 Å². The molecule has 0 aliphatic heterocycles. The van der Waals surface area contributed by atoms with E-state index in [-0.39, 0.29) is 12.0 Å². The standard InChI is InChI=1S/C9H8F2N/c10-7-2-1-5(3-8(7)11)6-4-9(6)12/h1-3,6,9,12H,4H2/t6-,9+/m0/s1. The Balaban J connectivity index is 2.29. The van der Waals surface area contributed by atoms with Crippen molar-refractivity contribution in [3.05, 3.63) is 35.4 Å². The second-order valence-corrected chi connectivity index (χ2v) is 3.12. The van der Waals surface area contributed by atoms with Gasteiger partial charge >= 0.3 is 0 Å². The number of halogens is 2. The lowest BCUT2D eigenvalue weighted by molar-refractivity contribution is 0.507. The Hall–Kier alpha value is -0.960. The van der Waals surface area contributed by atoms with Gasteiger partial charge in [-0.2, -0.15) is 0 Å². The quantitative estimate of drug-likeness (QED) is 0.613. The van der Waals surface area contributed by atoms with Crippen LogP contribution in [-0.4, -0.2) is 6.04 Å². The van der Waals surface area contributed by atoms with Crippen LogP contribution >= 0.6 is 0 Å². The van der Waals surface area contributed by atoms with Crippen molar-refractivity contribution in [1.29, 1.82) is 0 Å². The number of hydrogen-bond donors (Lipinski definition) is 0. The van der Waals surface area contributed by atoms with Crippen LogP contribution in [0.25, 0.3) is 0 Å². The topological polar surface area (TPSA) is 23.8 Å². The van der Waals surface area contributed by atoms with Gasteiger partial charge in [0.2, 0.25) is 0 Å². The minimum Gasteiger partial charge on any atom is -0.254 e. The monoisotopic (exact) mass is 168 g/mol. The van der Waals surface area contributed by atoms with E-state index < -0.39 is 11.6 Å². The van der Waals surface area contributed by atoms with Crippen LogP contribution in [0.15, 0.2) is 18.2 Å². The molecule has 0 unspecified atom stereocenters. The summed E-state index contributed by atoms with van der Waals surface area (Å²) < 4.78 is 25.1. The SMILES string of the molecule is [NH][C@@H]1C[C@H]1c1ccc(F)c(F)c1. The second kappa shape index (κ2) is 2.52. The highest BCUT2D eigenvalue weighted by Gasteiger charge is 2.35. The average molecular weight is 168 g/mol. The smallest absolute Gasteiger partial charge is 0.159 e. The zero-order valence-corrected chi connectivity index (χ0v) is 6.35. The predicted octanol–water partition coefficient (Wildman–Crippen LogP) is 2.10. The van der Waals surface area contributed by atoms with Crippen LogP contribution in [-0.2, 0) is 0 Å². The molecule has 2 rings (SSSR count). The van der Waals surface area contributed by atoms with E-state index >= 15 is 0 Å². The fourth-order valence-corrected chi connectivity index (χ4v) is 1.31. The van der Waals surface area contributed by atoms with Gasteiger partial charge in [0.05, 0.1) is 0 Å². The van der Waals surface area contributed by atoms with E-state index in [4.69, 9.17) is 5.73 Å². The van der Waals surface area contributed by atoms with Crippen molar-refractivity contribution in [1.82, 2.24) is 5.73 Å². The minimum atomic E-state index is -0.819. The van der Waals surface area contributed by atoms with Crippen molar-refractivity contribution < 1.29 is 8.78 Å². The lowest BCUT2D eigenvalue weighted by atomic mass is 10.1. The van der Waals surface area contributed by atoms with Gasteiger partial charge in [0.1, 0.15) is 0 Å². The Morgan fingerprint density at radius 2 is 1.92 bits per heavy atom. The molecule has 1 fully saturated rings. The van der Waals surface area contributed by atoms with Gasteiger partial charge in [0, 0.05) is 12.0 Å². The molecule has 1 saturated carbocycles. The van der Waals surface area contributed by atoms with E-state index in [1.165, 1.54) is 6.07 Å². The van der Waals surface area contributed by atoms with Crippen LogP contribution < -0.4 is 5.73 Å². The summed E-state index contributed by atoms with van der Waals surface area (Å²) in [5, 5.41) is 0. The molecule has 2 atom stereocenters. The molecule has 1 nitrogen and oxygen atoms in total. The molecule has 0 amide bonds. The summed E-state index contributed by atoms with van der Waals surface area (Å²) in [6, 6.07) is 3.75. The van der Waals surface area contributed by atoms with Crippen LogP contribution in [0.4, 0.5) is 8.78 Å². The molecule has 0 bridgehead atoms. The fourth-order valence-electron chi connectivity index (χ4n) is 1.31. The lowest BCUT2D eigenvalue weighted by Gasteiger charge is -1.98. The van der Waals surface area contributed by atoms with Crippen molar-refractivity contribution in [2.45, 2.75) is 18.4 Å². The van der Waals surface area contributed by atoms with Gasteiger partial charge in [-0.15, -0.1) is 0 Å². The maximum absolute atomic E-state index is 12.7. The van der Waals surface area contributed by atoms with E-state index in [2.05, 4.69) is 0 Å². The maximum Gasteiger partial charge on any atom is 0.159 e. The molecule has 0 heterocycles. The lowest BCUT2D eigenvalue weighted by Crippen LogP contribution is -1.91. The number of nitrogens with one attached hydrogen (secondary N) is 1. The molecular weight excluding hydrogens is 160 g/mol. The number of hydrogen-bond acceptors (Lipinski definition) is 0. The van der Waals surface area contributed by atoms with Gasteiger partial charge in [-0.05, 0) is 24.1 Å². The molecule has 1 aromatic carbocycles. The number of rotatable bonds is 1. The first-order valence-electron chi connectivity index (χ1n) is 3.84. The Morgan fingerprint density at radius 1 is 1.25 bits per heavy atom. The highest BCUT2D eigenvalue weighted by molar-refractivity contribution is 5.28. The summed E-state index contributed by atoms with van der Waals surface area (Å²) >= 11 is 0. The molecule has 63 valence electrons. The summed E-state index contributed by atoms with van der Waals surface area (Å²) in [7, 11) is 0. The first-order chi connectivity index (χ1) is 5.68. The molecular formula is C9H8F2N. The van der Waals surface area contributed by atoms with Gasteiger partial charge in [0.25, 0.3) is 0 Å². The third kappa shape index (κ3) is 1.20. The zero-order valence-electron chi connectivity index (χ0n) is 6.35. The van der Waals surface area contributed by atoms with Gasteiger partial charge in [-0.25, -0.2) is 8.78 Å². The van der Waals surface area contributed by atoms with Gasteiger partial charge < -0.3 is 0 Å². The molecule has 0 aromatic heterocycles. The van der Waals surface area contributed by atoms with Crippen LogP contribution in [0.3, 0.4) is 0 Å². The first-order valence-corrected chi connectivity index (χ1v) is 3.84. The fraction of sp³-hybridized carbons (Fsp3) is 0.333. The van der Waals surface area contributed by atoms with Crippen LogP contribution in [0.5, 0.6) is 0 Å². The number of benzene rings is 1. The van der Waals surface area contributed by atoms with Crippen molar-refractivity contribution in [3.63, 3.8) is 0 Å². The molecule has 12 heavy (non-hydrogen) atoms. The van der Waals surface area contributed by atoms with Crippen molar-refractivity contribution in [2.75, 3.05) is 0 Å². The second-order valence-electron chi connectivity index (χ2n) is 3.12. The van der Waals surface area contributed by atoms with E-state index in [0.29, 0.717) is 0 Å². The van der Waals surface area contributed by atoms with E-state index in [1.54, 1.807) is 6.07 Å². The van der Waals surface area contributed by atoms with E-state index in [0.717, 1.165) is 18.1 Å². The Morgan fingerprint density at radius 3 is 2.42 bits per heavy atom. The Kier molecular flexibility index (Phi) is 1.61. The van der Waals surface area contributed by atoms with Crippen molar-refractivity contribution >= 4 is 0 Å². The maximum atomic E-state index is 12.7. The largest absolute Gasteiger partial charge is 0.254 e. The molecule has 1 aliphatic rings. The predicted molar refractivity (Wildman–Crippen MR) is 40.6 cm³/mol. The summed E-state index contributed by atoms with van der Waals surface area (Å²) in [4.78, 5) is 0. The Bertz CT molecular complexity index is 311. The van der Waals surface area contributed by atoms with Gasteiger partial charge in [-0.1, -0.05) is 6.07 Å². The van der Waals surface area contributed by atoms with Crippen LogP contribution in [0.1, 0.15) is 17.9 Å².